The highest BCUT2D eigenvalue weighted by atomic mass is 79.9. The second-order valence-electron chi connectivity index (χ2n) is 1.74. The topological polar surface area (TPSA) is 66.0 Å². The average Bonchev–Trinajstić information content (AvgIpc) is 2.15. The number of hydrogen-bond donors (Lipinski definition) is 2. The van der Waals surface area contributed by atoms with Crippen LogP contribution in [0.1, 0.15) is 5.69 Å². The second kappa shape index (κ2) is 2.83. The fourth-order valence-electron chi connectivity index (χ4n) is 0.580. The first kappa shape index (κ1) is 7.27. The Hall–Kier alpha value is -0.840. The van der Waals surface area contributed by atoms with Gasteiger partial charge in [0.1, 0.15) is 4.60 Å². The molecule has 0 radical (unpaired) electrons. The molecule has 0 aliphatic carbocycles. The number of nitrogens with one attached hydrogen (secondary N) is 1. The number of carboxylic acids is 1. The molecule has 4 nitrogen and oxygen atoms in total. The van der Waals surface area contributed by atoms with E-state index in [2.05, 4.69) is 25.9 Å². The average molecular weight is 205 g/mol. The standard InChI is InChI=1S/C5H5BrN2O2/c6-5-3(1-4(9)10)7-2-8-5/h2H,1H2,(H,7,8)(H,9,10). The van der Waals surface area contributed by atoms with E-state index in [9.17, 15) is 4.79 Å². The summed E-state index contributed by atoms with van der Waals surface area (Å²) < 4.78 is 0.565. The van der Waals surface area contributed by atoms with Crippen molar-refractivity contribution in [2.75, 3.05) is 0 Å². The number of aromatic amines is 1. The van der Waals surface area contributed by atoms with E-state index in [4.69, 9.17) is 5.11 Å². The van der Waals surface area contributed by atoms with Crippen LogP contribution >= 0.6 is 15.9 Å². The van der Waals surface area contributed by atoms with E-state index < -0.39 is 5.97 Å². The molecule has 1 aromatic heterocycles. The highest BCUT2D eigenvalue weighted by Crippen LogP contribution is 2.10. The highest BCUT2D eigenvalue weighted by Gasteiger charge is 2.05. The molecular weight excluding hydrogens is 200 g/mol. The van der Waals surface area contributed by atoms with Crippen molar-refractivity contribution in [2.45, 2.75) is 6.42 Å². The molecule has 0 bridgehead atoms. The van der Waals surface area contributed by atoms with Crippen LogP contribution < -0.4 is 0 Å². The van der Waals surface area contributed by atoms with E-state index >= 15 is 0 Å². The summed E-state index contributed by atoms with van der Waals surface area (Å²) in [4.78, 5) is 16.6. The monoisotopic (exact) mass is 204 g/mol. The molecule has 1 heterocycles. The summed E-state index contributed by atoms with van der Waals surface area (Å²) >= 11 is 3.09. The summed E-state index contributed by atoms with van der Waals surface area (Å²) in [5.41, 5.74) is 0.590. The summed E-state index contributed by atoms with van der Waals surface area (Å²) in [6.45, 7) is 0. The summed E-state index contributed by atoms with van der Waals surface area (Å²) in [5.74, 6) is -0.870. The zero-order valence-electron chi connectivity index (χ0n) is 4.97. The Bertz CT molecular complexity index is 246. The lowest BCUT2D eigenvalue weighted by Gasteiger charge is -1.89. The third-order valence-corrected chi connectivity index (χ3v) is 1.68. The van der Waals surface area contributed by atoms with Crippen molar-refractivity contribution in [1.29, 1.82) is 0 Å². The molecule has 54 valence electrons. The van der Waals surface area contributed by atoms with Crippen molar-refractivity contribution in [3.63, 3.8) is 0 Å². The lowest BCUT2D eigenvalue weighted by Crippen LogP contribution is -2.00. The molecule has 0 saturated carbocycles. The van der Waals surface area contributed by atoms with E-state index in [0.29, 0.717) is 10.3 Å². The minimum atomic E-state index is -0.870. The van der Waals surface area contributed by atoms with Gasteiger partial charge in [0.05, 0.1) is 18.4 Å². The number of aromatic nitrogens is 2. The first-order chi connectivity index (χ1) is 4.70. The zero-order valence-corrected chi connectivity index (χ0v) is 6.55. The van der Waals surface area contributed by atoms with Gasteiger partial charge < -0.3 is 10.1 Å². The quantitative estimate of drug-likeness (QED) is 0.750. The molecule has 0 spiro atoms. The molecule has 5 heteroatoms. The van der Waals surface area contributed by atoms with Crippen LogP contribution in [0.15, 0.2) is 10.9 Å². The number of hydrogen-bond acceptors (Lipinski definition) is 2. The van der Waals surface area contributed by atoms with E-state index in [1.165, 1.54) is 6.33 Å². The molecule has 0 amide bonds. The van der Waals surface area contributed by atoms with Crippen LogP contribution in [-0.2, 0) is 11.2 Å². The molecule has 1 rings (SSSR count). The predicted octanol–water partition coefficient (Wildman–Crippen LogP) is 0.799. The molecule has 0 aliphatic heterocycles. The minimum absolute atomic E-state index is 0.0272. The fourth-order valence-corrected chi connectivity index (χ4v) is 0.937. The third kappa shape index (κ3) is 1.57. The van der Waals surface area contributed by atoms with Gasteiger partial charge in [-0.25, -0.2) is 4.98 Å². The number of imidazole rings is 1. The Morgan fingerprint density at radius 3 is 3.00 bits per heavy atom. The largest absolute Gasteiger partial charge is 0.481 e. The maximum Gasteiger partial charge on any atom is 0.309 e. The number of carboxylic acid groups (broad SMARTS) is 1. The second-order valence-corrected chi connectivity index (χ2v) is 2.49. The smallest absolute Gasteiger partial charge is 0.309 e. The van der Waals surface area contributed by atoms with Gasteiger partial charge in [-0.1, -0.05) is 0 Å². The molecule has 1 aromatic rings. The Morgan fingerprint density at radius 2 is 2.60 bits per heavy atom. The molecule has 0 saturated heterocycles. The minimum Gasteiger partial charge on any atom is -0.481 e. The van der Waals surface area contributed by atoms with Gasteiger partial charge in [0, 0.05) is 0 Å². The number of aliphatic carboxylic acids is 1. The van der Waals surface area contributed by atoms with Gasteiger partial charge in [-0.05, 0) is 15.9 Å². The van der Waals surface area contributed by atoms with Crippen molar-refractivity contribution >= 4 is 21.9 Å². The van der Waals surface area contributed by atoms with Crippen LogP contribution in [0.4, 0.5) is 0 Å². The van der Waals surface area contributed by atoms with Gasteiger partial charge in [0.2, 0.25) is 0 Å². The number of nitrogens with zero attached hydrogens (tertiary/aromatic N) is 1. The molecule has 0 aliphatic rings. The third-order valence-electron chi connectivity index (χ3n) is 0.994. The van der Waals surface area contributed by atoms with Crippen LogP contribution in [0.25, 0.3) is 0 Å². The molecule has 2 N–H and O–H groups in total. The van der Waals surface area contributed by atoms with Crippen molar-refractivity contribution in [1.82, 2.24) is 9.97 Å². The van der Waals surface area contributed by atoms with Crippen LogP contribution in [0.2, 0.25) is 0 Å². The van der Waals surface area contributed by atoms with E-state index in [1.807, 2.05) is 0 Å². The first-order valence-corrected chi connectivity index (χ1v) is 3.39. The lowest BCUT2D eigenvalue weighted by molar-refractivity contribution is -0.136. The fraction of sp³-hybridized carbons (Fsp3) is 0.200. The lowest BCUT2D eigenvalue weighted by atomic mass is 10.3. The number of H-pyrrole nitrogens is 1. The van der Waals surface area contributed by atoms with Gasteiger partial charge in [-0.3, -0.25) is 4.79 Å². The number of carbonyl (C=O) groups is 1. The first-order valence-electron chi connectivity index (χ1n) is 2.59. The summed E-state index contributed by atoms with van der Waals surface area (Å²) in [6, 6.07) is 0. The molecule has 0 fully saturated rings. The predicted molar refractivity (Wildman–Crippen MR) is 37.6 cm³/mol. The molecule has 0 atom stereocenters. The Labute approximate surface area is 65.4 Å². The molecular formula is C5H5BrN2O2. The SMILES string of the molecule is O=C(O)Cc1[nH]cnc1Br. The number of rotatable bonds is 2. The maximum atomic E-state index is 10.2. The van der Waals surface area contributed by atoms with Crippen LogP contribution in [0, 0.1) is 0 Å². The van der Waals surface area contributed by atoms with E-state index in [-0.39, 0.29) is 6.42 Å². The van der Waals surface area contributed by atoms with Crippen molar-refractivity contribution in [2.24, 2.45) is 0 Å². The molecule has 0 aromatic carbocycles. The molecule has 0 unspecified atom stereocenters. The Morgan fingerprint density at radius 1 is 1.90 bits per heavy atom. The summed E-state index contributed by atoms with van der Waals surface area (Å²) in [6.07, 6.45) is 1.42. The van der Waals surface area contributed by atoms with Crippen molar-refractivity contribution in [3.8, 4) is 0 Å². The zero-order chi connectivity index (χ0) is 7.56. The van der Waals surface area contributed by atoms with Crippen molar-refractivity contribution in [3.05, 3.63) is 16.6 Å². The van der Waals surface area contributed by atoms with E-state index in [1.54, 1.807) is 0 Å². The van der Waals surface area contributed by atoms with Gasteiger partial charge in [-0.15, -0.1) is 0 Å². The summed E-state index contributed by atoms with van der Waals surface area (Å²) in [5, 5.41) is 8.34. The van der Waals surface area contributed by atoms with Gasteiger partial charge in [0.25, 0.3) is 0 Å². The number of halogens is 1. The van der Waals surface area contributed by atoms with Gasteiger partial charge >= 0.3 is 5.97 Å². The highest BCUT2D eigenvalue weighted by molar-refractivity contribution is 9.10. The van der Waals surface area contributed by atoms with E-state index in [0.717, 1.165) is 0 Å². The summed E-state index contributed by atoms with van der Waals surface area (Å²) in [7, 11) is 0. The van der Waals surface area contributed by atoms with Crippen molar-refractivity contribution < 1.29 is 9.90 Å². The van der Waals surface area contributed by atoms with Gasteiger partial charge in [-0.2, -0.15) is 0 Å². The Balaban J connectivity index is 2.74. The maximum absolute atomic E-state index is 10.2. The normalized spacial score (nSPS) is 9.70. The van der Waals surface area contributed by atoms with Crippen LogP contribution in [0.3, 0.4) is 0 Å². The molecule has 10 heavy (non-hydrogen) atoms. The van der Waals surface area contributed by atoms with Crippen LogP contribution in [-0.4, -0.2) is 21.0 Å². The van der Waals surface area contributed by atoms with Gasteiger partial charge in [0.15, 0.2) is 0 Å². The van der Waals surface area contributed by atoms with Crippen LogP contribution in [0.5, 0.6) is 0 Å². The Kier molecular flexibility index (Phi) is 2.06.